The van der Waals surface area contributed by atoms with E-state index in [-0.39, 0.29) is 0 Å². The first-order valence-electron chi connectivity index (χ1n) is 10.2. The van der Waals surface area contributed by atoms with E-state index in [9.17, 15) is 4.79 Å². The molecule has 0 saturated heterocycles. The number of fused-ring (bicyclic) bond motifs is 1. The molecule has 1 aliphatic rings. The molecule has 0 spiro atoms. The molecule has 4 aromatic rings. The number of ketones is 1. The summed E-state index contributed by atoms with van der Waals surface area (Å²) in [6.45, 7) is 0. The van der Waals surface area contributed by atoms with Crippen molar-refractivity contribution >= 4 is 22.6 Å². The van der Waals surface area contributed by atoms with Crippen molar-refractivity contribution in [1.82, 2.24) is 14.5 Å². The van der Waals surface area contributed by atoms with Crippen LogP contribution in [-0.2, 0) is 4.79 Å². The number of Topliss-reactive ketones (excluding diaryl/α,β-unsaturated/α-hetero) is 1. The number of anilines is 1. The van der Waals surface area contributed by atoms with Crippen LogP contribution in [0.5, 0.6) is 11.5 Å². The van der Waals surface area contributed by atoms with Gasteiger partial charge in [0.2, 0.25) is 0 Å². The van der Waals surface area contributed by atoms with Gasteiger partial charge in [0.15, 0.2) is 5.82 Å². The summed E-state index contributed by atoms with van der Waals surface area (Å²) in [5.41, 5.74) is 10.0. The van der Waals surface area contributed by atoms with Crippen molar-refractivity contribution in [2.75, 3.05) is 5.73 Å². The van der Waals surface area contributed by atoms with Gasteiger partial charge < -0.3 is 15.0 Å². The van der Waals surface area contributed by atoms with E-state index in [0.717, 1.165) is 46.6 Å². The Kier molecular flexibility index (Phi) is 4.67. The normalized spacial score (nSPS) is 14.9. The van der Waals surface area contributed by atoms with Crippen LogP contribution in [0.25, 0.3) is 16.7 Å². The van der Waals surface area contributed by atoms with E-state index in [1.54, 1.807) is 0 Å². The van der Waals surface area contributed by atoms with Gasteiger partial charge in [0.05, 0.1) is 5.52 Å². The van der Waals surface area contributed by atoms with Gasteiger partial charge >= 0.3 is 0 Å². The summed E-state index contributed by atoms with van der Waals surface area (Å²) in [6.07, 6.45) is 6.57. The van der Waals surface area contributed by atoms with E-state index in [1.165, 1.54) is 6.33 Å². The monoisotopic (exact) mass is 398 g/mol. The molecule has 5 rings (SSSR count). The lowest BCUT2D eigenvalue weighted by Crippen LogP contribution is -2.12. The number of para-hydroxylation sites is 1. The third-order valence-corrected chi connectivity index (χ3v) is 5.71. The molecule has 1 aliphatic carbocycles. The average molecular weight is 398 g/mol. The zero-order chi connectivity index (χ0) is 20.5. The largest absolute Gasteiger partial charge is 0.457 e. The maximum absolute atomic E-state index is 11.7. The number of hydrogen-bond donors (Lipinski definition) is 1. The zero-order valence-electron chi connectivity index (χ0n) is 16.5. The molecular formula is C24H22N4O2. The van der Waals surface area contributed by atoms with E-state index in [4.69, 9.17) is 10.5 Å². The molecule has 6 heteroatoms. The molecule has 0 atom stereocenters. The van der Waals surface area contributed by atoms with Gasteiger partial charge in [-0.15, -0.1) is 0 Å². The molecule has 0 unspecified atom stereocenters. The van der Waals surface area contributed by atoms with Gasteiger partial charge in [-0.1, -0.05) is 18.2 Å². The number of hydrogen-bond acceptors (Lipinski definition) is 5. The molecule has 2 N–H and O–H groups in total. The Morgan fingerprint density at radius 2 is 1.63 bits per heavy atom. The van der Waals surface area contributed by atoms with Crippen molar-refractivity contribution in [2.45, 2.75) is 31.6 Å². The standard InChI is InChI=1S/C24H22N4O2/c25-24-23-22(26-15-27-24)21(16-6-10-18(29)11-7-16)14-28(23)17-8-12-20(13-9-17)30-19-4-2-1-3-5-19/h1-5,8-9,12-16H,6-7,10-11H2,(H2,25,26,27). The van der Waals surface area contributed by atoms with Gasteiger partial charge in [0.25, 0.3) is 0 Å². The van der Waals surface area contributed by atoms with Crippen LogP contribution in [0, 0.1) is 0 Å². The van der Waals surface area contributed by atoms with Crippen molar-refractivity contribution < 1.29 is 9.53 Å². The first-order chi connectivity index (χ1) is 14.7. The predicted octanol–water partition coefficient (Wildman–Crippen LogP) is 5.02. The van der Waals surface area contributed by atoms with Crippen LogP contribution in [0.1, 0.15) is 37.2 Å². The third kappa shape index (κ3) is 3.41. The highest BCUT2D eigenvalue weighted by atomic mass is 16.5. The topological polar surface area (TPSA) is 83.0 Å². The van der Waals surface area contributed by atoms with Crippen LogP contribution < -0.4 is 10.5 Å². The van der Waals surface area contributed by atoms with E-state index < -0.39 is 0 Å². The number of ether oxygens (including phenoxy) is 1. The number of nitrogens with zero attached hydrogens (tertiary/aromatic N) is 3. The first kappa shape index (κ1) is 18.4. The summed E-state index contributed by atoms with van der Waals surface area (Å²) in [4.78, 5) is 20.4. The minimum Gasteiger partial charge on any atom is -0.457 e. The Labute approximate surface area is 174 Å². The second-order valence-electron chi connectivity index (χ2n) is 7.63. The van der Waals surface area contributed by atoms with Crippen molar-refractivity contribution in [1.29, 1.82) is 0 Å². The van der Waals surface area contributed by atoms with Crippen LogP contribution in [-0.4, -0.2) is 20.3 Å². The number of benzene rings is 2. The number of carbonyl (C=O) groups excluding carboxylic acids is 1. The second kappa shape index (κ2) is 7.63. The van der Waals surface area contributed by atoms with E-state index in [0.29, 0.717) is 30.4 Å². The van der Waals surface area contributed by atoms with Gasteiger partial charge in [0, 0.05) is 24.7 Å². The summed E-state index contributed by atoms with van der Waals surface area (Å²) in [5.74, 6) is 2.66. The van der Waals surface area contributed by atoms with Crippen LogP contribution in [0.3, 0.4) is 0 Å². The molecule has 1 saturated carbocycles. The summed E-state index contributed by atoms with van der Waals surface area (Å²) in [5, 5.41) is 0. The fourth-order valence-corrected chi connectivity index (χ4v) is 4.16. The molecule has 2 aromatic carbocycles. The SMILES string of the molecule is Nc1ncnc2c(C3CCC(=O)CC3)cn(-c3ccc(Oc4ccccc4)cc3)c12. The molecule has 0 amide bonds. The molecule has 0 radical (unpaired) electrons. The molecule has 30 heavy (non-hydrogen) atoms. The van der Waals surface area contributed by atoms with Crippen LogP contribution in [0.15, 0.2) is 67.1 Å². The molecule has 150 valence electrons. The first-order valence-corrected chi connectivity index (χ1v) is 10.2. The minimum absolute atomic E-state index is 0.307. The molecular weight excluding hydrogens is 376 g/mol. The third-order valence-electron chi connectivity index (χ3n) is 5.71. The summed E-state index contributed by atoms with van der Waals surface area (Å²) in [7, 11) is 0. The fourth-order valence-electron chi connectivity index (χ4n) is 4.16. The van der Waals surface area contributed by atoms with Gasteiger partial charge in [-0.05, 0) is 60.7 Å². The van der Waals surface area contributed by atoms with Crippen molar-refractivity contribution in [3.63, 3.8) is 0 Å². The number of nitrogen functional groups attached to an aromatic ring is 1. The Morgan fingerprint density at radius 1 is 0.933 bits per heavy atom. The van der Waals surface area contributed by atoms with Crippen molar-refractivity contribution in [3.05, 3.63) is 72.7 Å². The molecule has 2 heterocycles. The quantitative estimate of drug-likeness (QED) is 0.522. The summed E-state index contributed by atoms with van der Waals surface area (Å²) < 4.78 is 7.94. The van der Waals surface area contributed by atoms with Gasteiger partial charge in [-0.25, -0.2) is 9.97 Å². The highest BCUT2D eigenvalue weighted by molar-refractivity contribution is 5.90. The maximum atomic E-state index is 11.7. The summed E-state index contributed by atoms with van der Waals surface area (Å²) >= 11 is 0. The minimum atomic E-state index is 0.307. The van der Waals surface area contributed by atoms with Crippen LogP contribution in [0.2, 0.25) is 0 Å². The molecule has 6 nitrogen and oxygen atoms in total. The maximum Gasteiger partial charge on any atom is 0.151 e. The highest BCUT2D eigenvalue weighted by Crippen LogP contribution is 2.38. The van der Waals surface area contributed by atoms with Gasteiger partial charge in [-0.3, -0.25) is 4.79 Å². The fraction of sp³-hybridized carbons (Fsp3) is 0.208. The Hall–Kier alpha value is -3.67. The van der Waals surface area contributed by atoms with Gasteiger partial charge in [-0.2, -0.15) is 0 Å². The average Bonchev–Trinajstić information content (AvgIpc) is 3.17. The molecule has 1 fully saturated rings. The Bertz CT molecular complexity index is 1190. The van der Waals surface area contributed by atoms with E-state index in [1.807, 2.05) is 59.2 Å². The Morgan fingerprint density at radius 3 is 2.37 bits per heavy atom. The summed E-state index contributed by atoms with van der Waals surface area (Å²) in [6, 6.07) is 17.6. The van der Waals surface area contributed by atoms with Crippen molar-refractivity contribution in [3.8, 4) is 17.2 Å². The zero-order valence-corrected chi connectivity index (χ0v) is 16.5. The second-order valence-corrected chi connectivity index (χ2v) is 7.63. The number of aromatic nitrogens is 3. The lowest BCUT2D eigenvalue weighted by atomic mass is 9.84. The van der Waals surface area contributed by atoms with E-state index >= 15 is 0 Å². The lowest BCUT2D eigenvalue weighted by molar-refractivity contribution is -0.120. The molecule has 2 aromatic heterocycles. The van der Waals surface area contributed by atoms with Crippen LogP contribution in [0.4, 0.5) is 5.82 Å². The highest BCUT2D eigenvalue weighted by Gasteiger charge is 2.25. The smallest absolute Gasteiger partial charge is 0.151 e. The van der Waals surface area contributed by atoms with Crippen molar-refractivity contribution in [2.24, 2.45) is 0 Å². The number of rotatable bonds is 4. The lowest BCUT2D eigenvalue weighted by Gasteiger charge is -2.20. The number of nitrogens with two attached hydrogens (primary N) is 1. The molecule has 0 aliphatic heterocycles. The number of carbonyl (C=O) groups is 1. The van der Waals surface area contributed by atoms with E-state index in [2.05, 4.69) is 16.2 Å². The van der Waals surface area contributed by atoms with Gasteiger partial charge in [0.1, 0.15) is 29.1 Å². The predicted molar refractivity (Wildman–Crippen MR) is 116 cm³/mol. The Balaban J connectivity index is 1.51. The van der Waals surface area contributed by atoms with Crippen LogP contribution >= 0.6 is 0 Å². The molecule has 0 bridgehead atoms.